The molecule has 0 aliphatic heterocycles. The minimum absolute atomic E-state index is 0.226. The molecule has 1 N–H and O–H groups in total. The first-order valence-corrected chi connectivity index (χ1v) is 4.02. The zero-order valence-corrected chi connectivity index (χ0v) is 7.59. The molecule has 0 aliphatic carbocycles. The van der Waals surface area contributed by atoms with Crippen molar-refractivity contribution in [2.24, 2.45) is 0 Å². The maximum absolute atomic E-state index is 9.03. The van der Waals surface area contributed by atoms with Gasteiger partial charge in [0, 0.05) is 6.42 Å². The Kier molecular flexibility index (Phi) is 2.54. The Labute approximate surface area is 73.4 Å². The molecule has 0 heterocycles. The third-order valence-electron chi connectivity index (χ3n) is 1.90. The van der Waals surface area contributed by atoms with E-state index >= 15 is 0 Å². The molecule has 0 aliphatic rings. The van der Waals surface area contributed by atoms with Crippen molar-refractivity contribution in [2.45, 2.75) is 20.3 Å². The van der Waals surface area contributed by atoms with Crippen LogP contribution in [0.1, 0.15) is 16.7 Å². The SMILES string of the molecule is C=C(O)Cc1cc(C)ccc1C. The van der Waals surface area contributed by atoms with Crippen molar-refractivity contribution >= 4 is 0 Å². The smallest absolute Gasteiger partial charge is 0.0894 e. The zero-order chi connectivity index (χ0) is 9.14. The summed E-state index contributed by atoms with van der Waals surface area (Å²) in [5.74, 6) is 0.226. The lowest BCUT2D eigenvalue weighted by molar-refractivity contribution is 0.401. The van der Waals surface area contributed by atoms with E-state index in [1.165, 1.54) is 11.1 Å². The van der Waals surface area contributed by atoms with E-state index in [1.54, 1.807) is 0 Å². The number of aliphatic hydroxyl groups is 1. The second kappa shape index (κ2) is 3.44. The molecule has 0 saturated carbocycles. The summed E-state index contributed by atoms with van der Waals surface area (Å²) in [5, 5.41) is 9.03. The maximum Gasteiger partial charge on any atom is 0.0894 e. The van der Waals surface area contributed by atoms with Crippen LogP contribution in [0.25, 0.3) is 0 Å². The van der Waals surface area contributed by atoms with Gasteiger partial charge in [0.05, 0.1) is 5.76 Å². The molecule has 0 fully saturated rings. The van der Waals surface area contributed by atoms with Crippen LogP contribution in [0.4, 0.5) is 0 Å². The summed E-state index contributed by atoms with van der Waals surface area (Å²) < 4.78 is 0. The molecular formula is C11H14O. The molecule has 1 heteroatoms. The molecule has 0 amide bonds. The fourth-order valence-electron chi connectivity index (χ4n) is 1.21. The van der Waals surface area contributed by atoms with Gasteiger partial charge in [-0.2, -0.15) is 0 Å². The minimum atomic E-state index is 0.226. The second-order valence-corrected chi connectivity index (χ2v) is 3.17. The average molecular weight is 162 g/mol. The van der Waals surface area contributed by atoms with E-state index in [2.05, 4.69) is 24.8 Å². The predicted molar refractivity (Wildman–Crippen MR) is 51.4 cm³/mol. The van der Waals surface area contributed by atoms with Gasteiger partial charge in [0.25, 0.3) is 0 Å². The standard InChI is InChI=1S/C11H14O/c1-8-4-5-9(2)11(6-8)7-10(3)12/h4-6,12H,3,7H2,1-2H3. The fraction of sp³-hybridized carbons (Fsp3) is 0.273. The summed E-state index contributed by atoms with van der Waals surface area (Å²) in [6.07, 6.45) is 0.563. The predicted octanol–water partition coefficient (Wildman–Crippen LogP) is 2.92. The van der Waals surface area contributed by atoms with Crippen molar-refractivity contribution in [1.82, 2.24) is 0 Å². The highest BCUT2D eigenvalue weighted by molar-refractivity contribution is 5.32. The molecule has 0 atom stereocenters. The molecule has 0 unspecified atom stereocenters. The van der Waals surface area contributed by atoms with E-state index in [1.807, 2.05) is 13.8 Å². The lowest BCUT2D eigenvalue weighted by Gasteiger charge is -2.05. The quantitative estimate of drug-likeness (QED) is 0.663. The fourth-order valence-corrected chi connectivity index (χ4v) is 1.21. The largest absolute Gasteiger partial charge is 0.513 e. The van der Waals surface area contributed by atoms with Crippen LogP contribution >= 0.6 is 0 Å². The van der Waals surface area contributed by atoms with Gasteiger partial charge in [-0.25, -0.2) is 0 Å². The Morgan fingerprint density at radius 1 is 1.42 bits per heavy atom. The van der Waals surface area contributed by atoms with Crippen LogP contribution in [0.5, 0.6) is 0 Å². The number of hydrogen-bond acceptors (Lipinski definition) is 1. The molecule has 0 bridgehead atoms. The number of rotatable bonds is 2. The van der Waals surface area contributed by atoms with Crippen molar-refractivity contribution in [3.8, 4) is 0 Å². The zero-order valence-electron chi connectivity index (χ0n) is 7.59. The van der Waals surface area contributed by atoms with Crippen LogP contribution in [0.15, 0.2) is 30.5 Å². The van der Waals surface area contributed by atoms with Gasteiger partial charge in [-0.3, -0.25) is 0 Å². The highest BCUT2D eigenvalue weighted by atomic mass is 16.3. The van der Waals surface area contributed by atoms with Gasteiger partial charge in [-0.15, -0.1) is 0 Å². The van der Waals surface area contributed by atoms with Gasteiger partial charge in [-0.05, 0) is 25.0 Å². The van der Waals surface area contributed by atoms with E-state index in [-0.39, 0.29) is 5.76 Å². The Balaban J connectivity index is 2.97. The molecule has 0 spiro atoms. The minimum Gasteiger partial charge on any atom is -0.513 e. The molecule has 64 valence electrons. The van der Waals surface area contributed by atoms with Crippen LogP contribution in [-0.4, -0.2) is 5.11 Å². The number of aliphatic hydroxyl groups excluding tert-OH is 1. The lowest BCUT2D eigenvalue weighted by atomic mass is 10.0. The Morgan fingerprint density at radius 3 is 2.67 bits per heavy atom. The third kappa shape index (κ3) is 2.12. The number of allylic oxidation sites excluding steroid dienone is 1. The van der Waals surface area contributed by atoms with Crippen LogP contribution < -0.4 is 0 Å². The lowest BCUT2D eigenvalue weighted by Crippen LogP contribution is -1.92. The van der Waals surface area contributed by atoms with E-state index in [0.29, 0.717) is 6.42 Å². The third-order valence-corrected chi connectivity index (χ3v) is 1.90. The van der Waals surface area contributed by atoms with Crippen molar-refractivity contribution in [1.29, 1.82) is 0 Å². The highest BCUT2D eigenvalue weighted by Crippen LogP contribution is 2.13. The molecule has 1 aromatic rings. The van der Waals surface area contributed by atoms with E-state index in [0.717, 1.165) is 5.56 Å². The molecule has 1 nitrogen and oxygen atoms in total. The van der Waals surface area contributed by atoms with Gasteiger partial charge in [-0.1, -0.05) is 30.3 Å². The van der Waals surface area contributed by atoms with Crippen LogP contribution in [-0.2, 0) is 6.42 Å². The van der Waals surface area contributed by atoms with Crippen LogP contribution in [0.2, 0.25) is 0 Å². The second-order valence-electron chi connectivity index (χ2n) is 3.17. The topological polar surface area (TPSA) is 20.2 Å². The van der Waals surface area contributed by atoms with Gasteiger partial charge in [0.1, 0.15) is 0 Å². The summed E-state index contributed by atoms with van der Waals surface area (Å²) in [5.41, 5.74) is 3.58. The summed E-state index contributed by atoms with van der Waals surface area (Å²) in [4.78, 5) is 0. The van der Waals surface area contributed by atoms with Crippen molar-refractivity contribution in [3.63, 3.8) is 0 Å². The van der Waals surface area contributed by atoms with Gasteiger partial charge < -0.3 is 5.11 Å². The van der Waals surface area contributed by atoms with Gasteiger partial charge >= 0.3 is 0 Å². The summed E-state index contributed by atoms with van der Waals surface area (Å²) in [7, 11) is 0. The first kappa shape index (κ1) is 8.85. The summed E-state index contributed by atoms with van der Waals surface area (Å²) >= 11 is 0. The Hall–Kier alpha value is -1.24. The first-order valence-electron chi connectivity index (χ1n) is 4.02. The highest BCUT2D eigenvalue weighted by Gasteiger charge is 1.99. The summed E-state index contributed by atoms with van der Waals surface area (Å²) in [6, 6.07) is 6.21. The van der Waals surface area contributed by atoms with Crippen molar-refractivity contribution < 1.29 is 5.11 Å². The molecular weight excluding hydrogens is 148 g/mol. The summed E-state index contributed by atoms with van der Waals surface area (Å²) in [6.45, 7) is 7.56. The van der Waals surface area contributed by atoms with E-state index < -0.39 is 0 Å². The van der Waals surface area contributed by atoms with E-state index in [4.69, 9.17) is 5.11 Å². The molecule has 0 saturated heterocycles. The Morgan fingerprint density at radius 2 is 2.08 bits per heavy atom. The molecule has 1 aromatic carbocycles. The van der Waals surface area contributed by atoms with Gasteiger partial charge in [0.2, 0.25) is 0 Å². The molecule has 12 heavy (non-hydrogen) atoms. The maximum atomic E-state index is 9.03. The number of aryl methyl sites for hydroxylation is 2. The molecule has 1 rings (SSSR count). The average Bonchev–Trinajstić information content (AvgIpc) is 1.96. The van der Waals surface area contributed by atoms with Crippen molar-refractivity contribution in [2.75, 3.05) is 0 Å². The Bertz CT molecular complexity index is 300. The molecule has 0 radical (unpaired) electrons. The molecule has 0 aromatic heterocycles. The normalized spacial score (nSPS) is 9.83. The van der Waals surface area contributed by atoms with Gasteiger partial charge in [0.15, 0.2) is 0 Å². The van der Waals surface area contributed by atoms with Crippen molar-refractivity contribution in [3.05, 3.63) is 47.2 Å². The first-order chi connectivity index (χ1) is 5.59. The number of benzene rings is 1. The van der Waals surface area contributed by atoms with E-state index in [9.17, 15) is 0 Å². The van der Waals surface area contributed by atoms with Crippen LogP contribution in [0.3, 0.4) is 0 Å². The monoisotopic (exact) mass is 162 g/mol. The van der Waals surface area contributed by atoms with Crippen LogP contribution in [0, 0.1) is 13.8 Å². The number of hydrogen-bond donors (Lipinski definition) is 1.